The van der Waals surface area contributed by atoms with Crippen molar-refractivity contribution in [1.29, 1.82) is 0 Å². The van der Waals surface area contributed by atoms with Gasteiger partial charge in [-0.25, -0.2) is 4.79 Å². The van der Waals surface area contributed by atoms with Crippen molar-refractivity contribution in [3.63, 3.8) is 0 Å². The number of carboxylic acid groups (broad SMARTS) is 1. The van der Waals surface area contributed by atoms with E-state index in [0.717, 1.165) is 11.3 Å². The molecule has 15 heavy (non-hydrogen) atoms. The Hall–Kier alpha value is -1.70. The highest BCUT2D eigenvalue weighted by molar-refractivity contribution is 5.80. The molecule has 0 heterocycles. The summed E-state index contributed by atoms with van der Waals surface area (Å²) in [6, 6.07) is -0.350. The molecule has 0 aromatic carbocycles. The summed E-state index contributed by atoms with van der Waals surface area (Å²) in [5, 5.41) is 8.59. The number of carboxylic acids is 1. The molecule has 0 unspecified atom stereocenters. The van der Waals surface area contributed by atoms with Crippen LogP contribution >= 0.6 is 0 Å². The first-order valence-electron chi connectivity index (χ1n) is 4.68. The molecule has 0 aromatic heterocycles. The fourth-order valence-electron chi connectivity index (χ4n) is 1.14. The predicted octanol–water partition coefficient (Wildman–Crippen LogP) is 0.468. The number of carbonyl (C=O) groups is 2. The van der Waals surface area contributed by atoms with E-state index in [2.05, 4.69) is 5.92 Å². The zero-order valence-corrected chi connectivity index (χ0v) is 9.06. The van der Waals surface area contributed by atoms with Gasteiger partial charge < -0.3 is 14.9 Å². The smallest absolute Gasteiger partial charge is 0.323 e. The predicted molar refractivity (Wildman–Crippen MR) is 56.4 cm³/mol. The van der Waals surface area contributed by atoms with E-state index in [-0.39, 0.29) is 19.1 Å². The maximum atomic E-state index is 11.7. The summed E-state index contributed by atoms with van der Waals surface area (Å²) in [7, 11) is 1.62. The van der Waals surface area contributed by atoms with Gasteiger partial charge in [-0.3, -0.25) is 4.79 Å². The molecule has 0 fully saturated rings. The second kappa shape index (κ2) is 6.71. The lowest BCUT2D eigenvalue weighted by molar-refractivity contribution is -0.137. The molecular weight excluding hydrogens is 196 g/mol. The highest BCUT2D eigenvalue weighted by Gasteiger charge is 2.18. The molecule has 0 rings (SSSR count). The van der Waals surface area contributed by atoms with Crippen LogP contribution in [0.2, 0.25) is 0 Å². The molecular formula is C10H16N2O3. The summed E-state index contributed by atoms with van der Waals surface area (Å²) in [6.45, 7) is 2.17. The number of urea groups is 1. The van der Waals surface area contributed by atoms with Crippen molar-refractivity contribution in [2.24, 2.45) is 0 Å². The lowest BCUT2D eigenvalue weighted by Crippen LogP contribution is -2.44. The first kappa shape index (κ1) is 13.3. The van der Waals surface area contributed by atoms with Gasteiger partial charge in [0.05, 0.1) is 6.54 Å². The molecule has 0 atom stereocenters. The third-order valence-electron chi connectivity index (χ3n) is 1.76. The Bertz CT molecular complexity index is 270. The first-order valence-corrected chi connectivity index (χ1v) is 4.68. The van der Waals surface area contributed by atoms with Crippen molar-refractivity contribution in [3.05, 3.63) is 0 Å². The van der Waals surface area contributed by atoms with Crippen LogP contribution in [0.5, 0.6) is 0 Å². The minimum absolute atomic E-state index is 0.0131. The Balaban J connectivity index is 4.41. The molecule has 5 heteroatoms. The van der Waals surface area contributed by atoms with Crippen molar-refractivity contribution < 1.29 is 14.7 Å². The lowest BCUT2D eigenvalue weighted by Gasteiger charge is -2.25. The van der Waals surface area contributed by atoms with Gasteiger partial charge in [0, 0.05) is 13.6 Å². The summed E-state index contributed by atoms with van der Waals surface area (Å²) in [5.41, 5.74) is 0. The van der Waals surface area contributed by atoms with E-state index in [0.29, 0.717) is 6.54 Å². The molecule has 0 radical (unpaired) electrons. The number of rotatable bonds is 5. The van der Waals surface area contributed by atoms with E-state index in [1.807, 2.05) is 6.92 Å². The normalized spacial score (nSPS) is 9.13. The minimum atomic E-state index is -1.07. The molecule has 0 saturated carbocycles. The standard InChI is InChI=1S/C10H16N2O3/c1-4-6-11(3)10(15)12(7-5-2)8-9(13)14/h2H,4,6-8H2,1,3H3,(H,13,14). The van der Waals surface area contributed by atoms with Crippen molar-refractivity contribution in [2.45, 2.75) is 13.3 Å². The number of hydrogen-bond donors (Lipinski definition) is 1. The number of hydrogen-bond acceptors (Lipinski definition) is 2. The molecule has 0 spiro atoms. The molecule has 0 bridgehead atoms. The SMILES string of the molecule is C#CCN(CC(=O)O)C(=O)N(C)CCC. The van der Waals surface area contributed by atoms with Gasteiger partial charge in [-0.2, -0.15) is 0 Å². The molecule has 84 valence electrons. The topological polar surface area (TPSA) is 60.9 Å². The summed E-state index contributed by atoms with van der Waals surface area (Å²) >= 11 is 0. The third kappa shape index (κ3) is 4.91. The molecule has 0 aliphatic rings. The Morgan fingerprint density at radius 3 is 2.47 bits per heavy atom. The number of carbonyl (C=O) groups excluding carboxylic acids is 1. The van der Waals surface area contributed by atoms with Crippen LogP contribution < -0.4 is 0 Å². The van der Waals surface area contributed by atoms with Gasteiger partial charge in [-0.05, 0) is 6.42 Å². The van der Waals surface area contributed by atoms with Gasteiger partial charge in [-0.15, -0.1) is 6.42 Å². The third-order valence-corrected chi connectivity index (χ3v) is 1.76. The van der Waals surface area contributed by atoms with Gasteiger partial charge >= 0.3 is 12.0 Å². The highest BCUT2D eigenvalue weighted by Crippen LogP contribution is 1.97. The van der Waals surface area contributed by atoms with Gasteiger partial charge in [-0.1, -0.05) is 12.8 Å². The van der Waals surface area contributed by atoms with Crippen LogP contribution in [-0.4, -0.2) is 53.6 Å². The van der Waals surface area contributed by atoms with E-state index >= 15 is 0 Å². The van der Waals surface area contributed by atoms with Gasteiger partial charge in [0.25, 0.3) is 0 Å². The van der Waals surface area contributed by atoms with Crippen LogP contribution in [0.15, 0.2) is 0 Å². The fourth-order valence-corrected chi connectivity index (χ4v) is 1.14. The summed E-state index contributed by atoms with van der Waals surface area (Å²) in [6.07, 6.45) is 5.88. The van der Waals surface area contributed by atoms with Crippen LogP contribution in [0.25, 0.3) is 0 Å². The first-order chi connectivity index (χ1) is 7.02. The second-order valence-electron chi connectivity index (χ2n) is 3.16. The maximum Gasteiger partial charge on any atom is 0.323 e. The Morgan fingerprint density at radius 2 is 2.07 bits per heavy atom. The van der Waals surface area contributed by atoms with Crippen molar-refractivity contribution in [1.82, 2.24) is 9.80 Å². The number of aliphatic carboxylic acids is 1. The summed E-state index contributed by atoms with van der Waals surface area (Å²) < 4.78 is 0. The molecule has 1 N–H and O–H groups in total. The van der Waals surface area contributed by atoms with Gasteiger partial charge in [0.2, 0.25) is 0 Å². The van der Waals surface area contributed by atoms with Crippen LogP contribution in [0, 0.1) is 12.3 Å². The van der Waals surface area contributed by atoms with E-state index in [1.165, 1.54) is 4.90 Å². The van der Waals surface area contributed by atoms with Crippen molar-refractivity contribution in [3.8, 4) is 12.3 Å². The largest absolute Gasteiger partial charge is 0.480 e. The average molecular weight is 212 g/mol. The molecule has 0 saturated heterocycles. The van der Waals surface area contributed by atoms with Crippen LogP contribution in [0.4, 0.5) is 4.79 Å². The number of amides is 2. The highest BCUT2D eigenvalue weighted by atomic mass is 16.4. The quantitative estimate of drug-likeness (QED) is 0.674. The van der Waals surface area contributed by atoms with E-state index in [9.17, 15) is 9.59 Å². The second-order valence-corrected chi connectivity index (χ2v) is 3.16. The zero-order chi connectivity index (χ0) is 11.8. The van der Waals surface area contributed by atoms with Crippen molar-refractivity contribution in [2.75, 3.05) is 26.7 Å². The fraction of sp³-hybridized carbons (Fsp3) is 0.600. The number of nitrogens with zero attached hydrogens (tertiary/aromatic N) is 2. The minimum Gasteiger partial charge on any atom is -0.480 e. The van der Waals surface area contributed by atoms with Crippen LogP contribution in [0.1, 0.15) is 13.3 Å². The van der Waals surface area contributed by atoms with Crippen LogP contribution in [-0.2, 0) is 4.79 Å². The molecule has 0 aliphatic carbocycles. The van der Waals surface area contributed by atoms with Crippen LogP contribution in [0.3, 0.4) is 0 Å². The molecule has 5 nitrogen and oxygen atoms in total. The summed E-state index contributed by atoms with van der Waals surface area (Å²) in [4.78, 5) is 24.7. The molecule has 0 aliphatic heterocycles. The van der Waals surface area contributed by atoms with E-state index < -0.39 is 5.97 Å². The average Bonchev–Trinajstić information content (AvgIpc) is 2.16. The van der Waals surface area contributed by atoms with Gasteiger partial charge in [0.15, 0.2) is 0 Å². The van der Waals surface area contributed by atoms with Crippen molar-refractivity contribution >= 4 is 12.0 Å². The van der Waals surface area contributed by atoms with E-state index in [4.69, 9.17) is 11.5 Å². The lowest BCUT2D eigenvalue weighted by atomic mass is 10.4. The number of terminal acetylenes is 1. The summed E-state index contributed by atoms with van der Waals surface area (Å²) in [5.74, 6) is 1.20. The molecule has 2 amide bonds. The Kier molecular flexibility index (Phi) is 5.95. The van der Waals surface area contributed by atoms with Gasteiger partial charge in [0.1, 0.15) is 6.54 Å². The molecule has 0 aromatic rings. The Morgan fingerprint density at radius 1 is 1.47 bits per heavy atom. The van der Waals surface area contributed by atoms with E-state index in [1.54, 1.807) is 7.05 Å². The maximum absolute atomic E-state index is 11.7. The monoisotopic (exact) mass is 212 g/mol. The zero-order valence-electron chi connectivity index (χ0n) is 9.06. The Labute approximate surface area is 89.7 Å².